The Balaban J connectivity index is 2.86. The van der Waals surface area contributed by atoms with E-state index in [1.54, 1.807) is 0 Å². The number of nitrogens with one attached hydrogen (secondary N) is 1. The molecular weight excluding hydrogens is 194 g/mol. The Morgan fingerprint density at radius 3 is 2.44 bits per heavy atom. The van der Waals surface area contributed by atoms with Gasteiger partial charge in [0.15, 0.2) is 0 Å². The van der Waals surface area contributed by atoms with E-state index in [0.717, 1.165) is 12.8 Å². The maximum atomic E-state index is 5.34. The lowest BCUT2D eigenvalue weighted by Gasteiger charge is -2.34. The van der Waals surface area contributed by atoms with E-state index in [1.165, 1.54) is 5.56 Å². The van der Waals surface area contributed by atoms with E-state index >= 15 is 0 Å². The summed E-state index contributed by atoms with van der Waals surface area (Å²) >= 11 is 0. The van der Waals surface area contributed by atoms with Crippen LogP contribution in [0.3, 0.4) is 0 Å². The molecule has 0 spiro atoms. The first kappa shape index (κ1) is 12.8. The SMILES string of the molecule is C#CCCC(NC)C(C)(C)c1ccccc1. The molecule has 0 aliphatic carbocycles. The quantitative estimate of drug-likeness (QED) is 0.745. The summed E-state index contributed by atoms with van der Waals surface area (Å²) in [6.45, 7) is 4.53. The van der Waals surface area contributed by atoms with Crippen molar-refractivity contribution in [1.29, 1.82) is 0 Å². The number of hydrogen-bond acceptors (Lipinski definition) is 1. The van der Waals surface area contributed by atoms with Gasteiger partial charge in [-0.15, -0.1) is 12.3 Å². The van der Waals surface area contributed by atoms with Crippen LogP contribution < -0.4 is 5.32 Å². The molecule has 1 N–H and O–H groups in total. The molecule has 1 unspecified atom stereocenters. The predicted molar refractivity (Wildman–Crippen MR) is 70.4 cm³/mol. The van der Waals surface area contributed by atoms with Crippen LogP contribution in [0.5, 0.6) is 0 Å². The molecule has 0 amide bonds. The van der Waals surface area contributed by atoms with E-state index in [1.807, 2.05) is 7.05 Å². The fourth-order valence-electron chi connectivity index (χ4n) is 2.16. The van der Waals surface area contributed by atoms with Crippen molar-refractivity contribution in [3.05, 3.63) is 35.9 Å². The van der Waals surface area contributed by atoms with Crippen LogP contribution in [-0.4, -0.2) is 13.1 Å². The highest BCUT2D eigenvalue weighted by atomic mass is 14.9. The minimum atomic E-state index is 0.104. The molecule has 0 saturated carbocycles. The maximum Gasteiger partial charge on any atom is 0.0165 e. The monoisotopic (exact) mass is 215 g/mol. The van der Waals surface area contributed by atoms with Gasteiger partial charge < -0.3 is 5.32 Å². The van der Waals surface area contributed by atoms with E-state index in [2.05, 4.69) is 55.4 Å². The molecule has 1 aromatic carbocycles. The van der Waals surface area contributed by atoms with Crippen molar-refractivity contribution in [2.75, 3.05) is 7.05 Å². The smallest absolute Gasteiger partial charge is 0.0165 e. The molecule has 0 saturated heterocycles. The van der Waals surface area contributed by atoms with Gasteiger partial charge in [-0.05, 0) is 19.0 Å². The molecule has 1 rings (SSSR count). The second kappa shape index (κ2) is 5.72. The molecule has 1 nitrogen and oxygen atoms in total. The molecule has 0 aliphatic heterocycles. The van der Waals surface area contributed by atoms with Gasteiger partial charge in [0.1, 0.15) is 0 Å². The summed E-state index contributed by atoms with van der Waals surface area (Å²) in [5.41, 5.74) is 1.46. The molecule has 0 aromatic heterocycles. The molecule has 86 valence electrons. The van der Waals surface area contributed by atoms with Gasteiger partial charge in [0, 0.05) is 17.9 Å². The number of terminal acetylenes is 1. The highest BCUT2D eigenvalue weighted by Crippen LogP contribution is 2.29. The summed E-state index contributed by atoms with van der Waals surface area (Å²) in [7, 11) is 2.01. The minimum absolute atomic E-state index is 0.104. The molecule has 0 fully saturated rings. The van der Waals surface area contributed by atoms with Gasteiger partial charge in [-0.1, -0.05) is 44.2 Å². The first-order chi connectivity index (χ1) is 7.62. The number of rotatable bonds is 5. The van der Waals surface area contributed by atoms with Gasteiger partial charge in [-0.2, -0.15) is 0 Å². The lowest BCUT2D eigenvalue weighted by molar-refractivity contribution is 0.343. The first-order valence-corrected chi connectivity index (χ1v) is 5.79. The van der Waals surface area contributed by atoms with Crippen molar-refractivity contribution >= 4 is 0 Å². The van der Waals surface area contributed by atoms with E-state index in [9.17, 15) is 0 Å². The molecule has 1 atom stereocenters. The Morgan fingerprint density at radius 1 is 1.31 bits per heavy atom. The molecule has 1 aromatic rings. The summed E-state index contributed by atoms with van der Waals surface area (Å²) in [4.78, 5) is 0. The van der Waals surface area contributed by atoms with Crippen molar-refractivity contribution in [3.8, 4) is 12.3 Å². The van der Waals surface area contributed by atoms with Crippen molar-refractivity contribution in [3.63, 3.8) is 0 Å². The van der Waals surface area contributed by atoms with Crippen LogP contribution in [0, 0.1) is 12.3 Å². The van der Waals surface area contributed by atoms with Gasteiger partial charge in [0.2, 0.25) is 0 Å². The fourth-order valence-corrected chi connectivity index (χ4v) is 2.16. The third-order valence-electron chi connectivity index (χ3n) is 3.31. The standard InChI is InChI=1S/C15H21N/c1-5-6-12-14(16-4)15(2,3)13-10-8-7-9-11-13/h1,7-11,14,16H,6,12H2,2-4H3. The molecule has 0 bridgehead atoms. The predicted octanol–water partition coefficient (Wildman–Crippen LogP) is 2.97. The van der Waals surface area contributed by atoms with Gasteiger partial charge in [-0.3, -0.25) is 0 Å². The van der Waals surface area contributed by atoms with Gasteiger partial charge >= 0.3 is 0 Å². The van der Waals surface area contributed by atoms with Crippen molar-refractivity contribution in [1.82, 2.24) is 5.32 Å². The van der Waals surface area contributed by atoms with E-state index < -0.39 is 0 Å². The number of benzene rings is 1. The van der Waals surface area contributed by atoms with E-state index in [0.29, 0.717) is 6.04 Å². The van der Waals surface area contributed by atoms with Crippen LogP contribution in [0.15, 0.2) is 30.3 Å². The highest BCUT2D eigenvalue weighted by Gasteiger charge is 2.29. The highest BCUT2D eigenvalue weighted by molar-refractivity contribution is 5.25. The van der Waals surface area contributed by atoms with Crippen LogP contribution in [-0.2, 0) is 5.41 Å². The number of hydrogen-bond donors (Lipinski definition) is 1. The summed E-state index contributed by atoms with van der Waals surface area (Å²) in [6, 6.07) is 11.0. The normalized spacial score (nSPS) is 13.1. The lowest BCUT2D eigenvalue weighted by Crippen LogP contribution is -2.43. The Bertz CT molecular complexity index is 345. The van der Waals surface area contributed by atoms with Crippen LogP contribution in [0.25, 0.3) is 0 Å². The molecule has 16 heavy (non-hydrogen) atoms. The van der Waals surface area contributed by atoms with Crippen molar-refractivity contribution in [2.24, 2.45) is 0 Å². The first-order valence-electron chi connectivity index (χ1n) is 5.79. The molecule has 0 radical (unpaired) electrons. The third kappa shape index (κ3) is 2.87. The van der Waals surface area contributed by atoms with E-state index in [4.69, 9.17) is 6.42 Å². The van der Waals surface area contributed by atoms with Crippen LogP contribution in [0.1, 0.15) is 32.3 Å². The van der Waals surface area contributed by atoms with Crippen molar-refractivity contribution < 1.29 is 0 Å². The van der Waals surface area contributed by atoms with Crippen LogP contribution >= 0.6 is 0 Å². The largest absolute Gasteiger partial charge is 0.316 e. The average Bonchev–Trinajstić information content (AvgIpc) is 2.31. The van der Waals surface area contributed by atoms with Crippen molar-refractivity contribution in [2.45, 2.75) is 38.1 Å². The zero-order chi connectivity index (χ0) is 12.0. The number of likely N-dealkylation sites (N-methyl/N-ethyl adjacent to an activating group) is 1. The zero-order valence-corrected chi connectivity index (χ0v) is 10.5. The van der Waals surface area contributed by atoms with Crippen LogP contribution in [0.4, 0.5) is 0 Å². The molecule has 0 heterocycles. The molecule has 1 heteroatoms. The van der Waals surface area contributed by atoms with Gasteiger partial charge in [0.05, 0.1) is 0 Å². The molecule has 0 aliphatic rings. The molecular formula is C15H21N. The summed E-state index contributed by atoms with van der Waals surface area (Å²) in [5, 5.41) is 3.38. The second-order valence-electron chi connectivity index (χ2n) is 4.67. The second-order valence-corrected chi connectivity index (χ2v) is 4.67. The maximum absolute atomic E-state index is 5.34. The van der Waals surface area contributed by atoms with Crippen LogP contribution in [0.2, 0.25) is 0 Å². The summed E-state index contributed by atoms with van der Waals surface area (Å²) in [5.74, 6) is 2.72. The zero-order valence-electron chi connectivity index (χ0n) is 10.5. The summed E-state index contributed by atoms with van der Waals surface area (Å²) < 4.78 is 0. The Labute approximate surface area is 99.3 Å². The minimum Gasteiger partial charge on any atom is -0.316 e. The summed E-state index contributed by atoms with van der Waals surface area (Å²) in [6.07, 6.45) is 7.17. The topological polar surface area (TPSA) is 12.0 Å². The Morgan fingerprint density at radius 2 is 1.94 bits per heavy atom. The van der Waals surface area contributed by atoms with Gasteiger partial charge in [0.25, 0.3) is 0 Å². The third-order valence-corrected chi connectivity index (χ3v) is 3.31. The Hall–Kier alpha value is -1.26. The van der Waals surface area contributed by atoms with Gasteiger partial charge in [-0.25, -0.2) is 0 Å². The lowest BCUT2D eigenvalue weighted by atomic mass is 9.76. The average molecular weight is 215 g/mol. The Kier molecular flexibility index (Phi) is 4.58. The van der Waals surface area contributed by atoms with E-state index in [-0.39, 0.29) is 5.41 Å². The fraction of sp³-hybridized carbons (Fsp3) is 0.467.